The Hall–Kier alpha value is -3.01. The Kier molecular flexibility index (Phi) is 4.43. The fourth-order valence-corrected chi connectivity index (χ4v) is 2.31. The van der Waals surface area contributed by atoms with Crippen LogP contribution in [0.3, 0.4) is 0 Å². The number of carbonyl (C=O) groups is 1. The minimum absolute atomic E-state index is 0.140. The summed E-state index contributed by atoms with van der Waals surface area (Å²) >= 11 is 0. The van der Waals surface area contributed by atoms with E-state index in [-0.39, 0.29) is 5.91 Å². The van der Waals surface area contributed by atoms with E-state index >= 15 is 0 Å². The molecule has 0 saturated heterocycles. The third kappa shape index (κ3) is 3.61. The van der Waals surface area contributed by atoms with Gasteiger partial charge in [0.2, 0.25) is 0 Å². The number of rotatable bonds is 4. The van der Waals surface area contributed by atoms with Gasteiger partial charge in [-0.1, -0.05) is 60.7 Å². The van der Waals surface area contributed by atoms with Gasteiger partial charge >= 0.3 is 0 Å². The number of aryl methyl sites for hydroxylation is 1. The Morgan fingerprint density at radius 2 is 1.61 bits per heavy atom. The van der Waals surface area contributed by atoms with Crippen LogP contribution in [0.2, 0.25) is 0 Å². The molecule has 0 saturated carbocycles. The summed E-state index contributed by atoms with van der Waals surface area (Å²) in [5, 5.41) is 11.2. The molecule has 0 radical (unpaired) electrons. The first kappa shape index (κ1) is 14.9. The molecule has 2 aromatic carbocycles. The second kappa shape index (κ2) is 6.83. The Morgan fingerprint density at radius 3 is 2.30 bits per heavy atom. The fourth-order valence-electron chi connectivity index (χ4n) is 2.31. The van der Waals surface area contributed by atoms with Crippen LogP contribution >= 0.6 is 0 Å². The summed E-state index contributed by atoms with van der Waals surface area (Å²) in [6.45, 7) is 2.28. The van der Waals surface area contributed by atoms with E-state index in [4.69, 9.17) is 0 Å². The molecule has 0 bridgehead atoms. The van der Waals surface area contributed by atoms with Gasteiger partial charge in [-0.2, -0.15) is 10.2 Å². The van der Waals surface area contributed by atoms with E-state index in [1.807, 2.05) is 60.7 Å². The molecule has 1 heterocycles. The van der Waals surface area contributed by atoms with Gasteiger partial charge < -0.3 is 5.32 Å². The molecule has 1 amide bonds. The summed E-state index contributed by atoms with van der Waals surface area (Å²) in [4.78, 5) is 12.4. The maximum Gasteiger partial charge on any atom is 0.253 e. The standard InChI is InChI=1S/C19H17N3O/c1-14-17(19(23)20-13-15-8-4-2-5-9-15)12-18(22-21-14)16-10-6-3-7-11-16/h2-12H,13H2,1H3,(H,20,23). The van der Waals surface area contributed by atoms with Crippen molar-refractivity contribution in [3.63, 3.8) is 0 Å². The molecule has 1 aromatic heterocycles. The largest absolute Gasteiger partial charge is 0.348 e. The van der Waals surface area contributed by atoms with E-state index in [1.54, 1.807) is 13.0 Å². The van der Waals surface area contributed by atoms with Gasteiger partial charge in [0, 0.05) is 12.1 Å². The van der Waals surface area contributed by atoms with Crippen LogP contribution in [0.4, 0.5) is 0 Å². The summed E-state index contributed by atoms with van der Waals surface area (Å²) in [6.07, 6.45) is 0. The number of amides is 1. The van der Waals surface area contributed by atoms with Crippen molar-refractivity contribution in [1.82, 2.24) is 15.5 Å². The van der Waals surface area contributed by atoms with Crippen molar-refractivity contribution >= 4 is 5.91 Å². The summed E-state index contributed by atoms with van der Waals surface area (Å²) in [7, 11) is 0. The van der Waals surface area contributed by atoms with Crippen molar-refractivity contribution in [2.75, 3.05) is 0 Å². The van der Waals surface area contributed by atoms with Crippen molar-refractivity contribution in [3.8, 4) is 11.3 Å². The van der Waals surface area contributed by atoms with E-state index in [2.05, 4.69) is 15.5 Å². The highest BCUT2D eigenvalue weighted by molar-refractivity contribution is 5.96. The molecular formula is C19H17N3O. The molecule has 4 nitrogen and oxygen atoms in total. The van der Waals surface area contributed by atoms with Crippen LogP contribution in [0.15, 0.2) is 66.7 Å². The lowest BCUT2D eigenvalue weighted by molar-refractivity contribution is 0.0949. The normalized spacial score (nSPS) is 10.3. The summed E-state index contributed by atoms with van der Waals surface area (Å²) in [5.74, 6) is -0.140. The summed E-state index contributed by atoms with van der Waals surface area (Å²) in [5.41, 5.74) is 3.87. The molecule has 3 aromatic rings. The monoisotopic (exact) mass is 303 g/mol. The molecule has 0 aliphatic heterocycles. The summed E-state index contributed by atoms with van der Waals surface area (Å²) in [6, 6.07) is 21.3. The summed E-state index contributed by atoms with van der Waals surface area (Å²) < 4.78 is 0. The van der Waals surface area contributed by atoms with Crippen molar-refractivity contribution < 1.29 is 4.79 Å². The van der Waals surface area contributed by atoms with Crippen molar-refractivity contribution in [2.24, 2.45) is 0 Å². The van der Waals surface area contributed by atoms with E-state index in [0.717, 1.165) is 11.1 Å². The maximum atomic E-state index is 12.4. The second-order valence-corrected chi connectivity index (χ2v) is 5.26. The Morgan fingerprint density at radius 1 is 0.957 bits per heavy atom. The first-order chi connectivity index (χ1) is 11.2. The molecule has 0 atom stereocenters. The van der Waals surface area contributed by atoms with Gasteiger partial charge in [0.05, 0.1) is 17.0 Å². The van der Waals surface area contributed by atoms with Crippen LogP contribution in [0.25, 0.3) is 11.3 Å². The van der Waals surface area contributed by atoms with E-state index in [0.29, 0.717) is 23.5 Å². The average molecular weight is 303 g/mol. The van der Waals surface area contributed by atoms with Gasteiger partial charge in [0.15, 0.2) is 0 Å². The van der Waals surface area contributed by atoms with Crippen LogP contribution in [-0.2, 0) is 6.54 Å². The first-order valence-corrected chi connectivity index (χ1v) is 7.46. The average Bonchev–Trinajstić information content (AvgIpc) is 2.62. The molecule has 0 fully saturated rings. The smallest absolute Gasteiger partial charge is 0.253 e. The van der Waals surface area contributed by atoms with Crippen LogP contribution in [0.5, 0.6) is 0 Å². The van der Waals surface area contributed by atoms with Gasteiger partial charge in [0.25, 0.3) is 5.91 Å². The highest BCUT2D eigenvalue weighted by Crippen LogP contribution is 2.18. The number of carbonyl (C=O) groups excluding carboxylic acids is 1. The number of hydrogen-bond donors (Lipinski definition) is 1. The van der Waals surface area contributed by atoms with E-state index in [1.165, 1.54) is 0 Å². The van der Waals surface area contributed by atoms with E-state index in [9.17, 15) is 4.79 Å². The molecule has 0 aliphatic carbocycles. The zero-order chi connectivity index (χ0) is 16.1. The predicted octanol–water partition coefficient (Wildman–Crippen LogP) is 3.38. The molecule has 4 heteroatoms. The topological polar surface area (TPSA) is 54.9 Å². The second-order valence-electron chi connectivity index (χ2n) is 5.26. The van der Waals surface area contributed by atoms with Gasteiger partial charge in [-0.05, 0) is 18.6 Å². The Bertz CT molecular complexity index is 801. The molecule has 23 heavy (non-hydrogen) atoms. The molecular weight excluding hydrogens is 286 g/mol. The lowest BCUT2D eigenvalue weighted by Crippen LogP contribution is -2.24. The third-order valence-corrected chi connectivity index (χ3v) is 3.59. The van der Waals surface area contributed by atoms with Gasteiger partial charge in [-0.15, -0.1) is 0 Å². The van der Waals surface area contributed by atoms with Crippen LogP contribution in [-0.4, -0.2) is 16.1 Å². The van der Waals surface area contributed by atoms with Gasteiger partial charge in [-0.3, -0.25) is 4.79 Å². The van der Waals surface area contributed by atoms with Crippen molar-refractivity contribution in [3.05, 3.63) is 83.6 Å². The van der Waals surface area contributed by atoms with Gasteiger partial charge in [-0.25, -0.2) is 0 Å². The molecule has 0 unspecified atom stereocenters. The molecule has 1 N–H and O–H groups in total. The highest BCUT2D eigenvalue weighted by atomic mass is 16.1. The molecule has 0 aliphatic rings. The lowest BCUT2D eigenvalue weighted by atomic mass is 10.1. The maximum absolute atomic E-state index is 12.4. The van der Waals surface area contributed by atoms with E-state index < -0.39 is 0 Å². The quantitative estimate of drug-likeness (QED) is 0.804. The minimum atomic E-state index is -0.140. The van der Waals surface area contributed by atoms with Gasteiger partial charge in [0.1, 0.15) is 0 Å². The highest BCUT2D eigenvalue weighted by Gasteiger charge is 2.12. The zero-order valence-electron chi connectivity index (χ0n) is 12.9. The predicted molar refractivity (Wildman–Crippen MR) is 89.8 cm³/mol. The number of nitrogens with one attached hydrogen (secondary N) is 1. The molecule has 3 rings (SSSR count). The minimum Gasteiger partial charge on any atom is -0.348 e. The number of nitrogens with zero attached hydrogens (tertiary/aromatic N) is 2. The van der Waals surface area contributed by atoms with Crippen molar-refractivity contribution in [2.45, 2.75) is 13.5 Å². The SMILES string of the molecule is Cc1nnc(-c2ccccc2)cc1C(=O)NCc1ccccc1. The number of hydrogen-bond acceptors (Lipinski definition) is 3. The van der Waals surface area contributed by atoms with Crippen LogP contribution < -0.4 is 5.32 Å². The van der Waals surface area contributed by atoms with Crippen LogP contribution in [0, 0.1) is 6.92 Å². The Labute approximate surface area is 135 Å². The van der Waals surface area contributed by atoms with Crippen molar-refractivity contribution in [1.29, 1.82) is 0 Å². The molecule has 114 valence electrons. The molecule has 0 spiro atoms. The number of benzene rings is 2. The zero-order valence-corrected chi connectivity index (χ0v) is 12.9. The number of aromatic nitrogens is 2. The Balaban J connectivity index is 1.80. The first-order valence-electron chi connectivity index (χ1n) is 7.46. The third-order valence-electron chi connectivity index (χ3n) is 3.59. The van der Waals surface area contributed by atoms with Crippen LogP contribution in [0.1, 0.15) is 21.6 Å². The lowest BCUT2D eigenvalue weighted by Gasteiger charge is -2.08. The fraction of sp³-hybridized carbons (Fsp3) is 0.105.